The van der Waals surface area contributed by atoms with Gasteiger partial charge in [-0.3, -0.25) is 0 Å². The number of hydrogen-bond donors (Lipinski definition) is 0. The Hall–Kier alpha value is -1.74. The van der Waals surface area contributed by atoms with Gasteiger partial charge in [0.25, 0.3) is 0 Å². The van der Waals surface area contributed by atoms with Gasteiger partial charge in [-0.2, -0.15) is 0 Å². The predicted molar refractivity (Wildman–Crippen MR) is 71.9 cm³/mol. The number of aromatic nitrogens is 1. The van der Waals surface area contributed by atoms with E-state index in [1.807, 2.05) is 42.0 Å². The maximum atomic E-state index is 11.6. The molecule has 0 saturated carbocycles. The van der Waals surface area contributed by atoms with Crippen molar-refractivity contribution in [3.8, 4) is 11.1 Å². The van der Waals surface area contributed by atoms with Gasteiger partial charge < -0.3 is 9.30 Å². The standard InChI is InChI=1S/C14H14ClNO2/c1-3-16-9-10(8-13(16)14(17)18-2)11-6-4-5-7-12(11)15/h4-9H,3H2,1-2H3. The van der Waals surface area contributed by atoms with Crippen LogP contribution in [0.4, 0.5) is 0 Å². The first-order valence-electron chi connectivity index (χ1n) is 5.70. The van der Waals surface area contributed by atoms with Crippen molar-refractivity contribution in [3.05, 3.63) is 47.2 Å². The number of nitrogens with zero attached hydrogens (tertiary/aromatic N) is 1. The van der Waals surface area contributed by atoms with E-state index in [9.17, 15) is 4.79 Å². The Balaban J connectivity index is 2.51. The predicted octanol–water partition coefficient (Wildman–Crippen LogP) is 3.62. The summed E-state index contributed by atoms with van der Waals surface area (Å²) in [6, 6.07) is 9.36. The van der Waals surface area contributed by atoms with Gasteiger partial charge in [0, 0.05) is 28.9 Å². The van der Waals surface area contributed by atoms with Crippen molar-refractivity contribution in [2.45, 2.75) is 13.5 Å². The Morgan fingerprint density at radius 2 is 2.11 bits per heavy atom. The zero-order chi connectivity index (χ0) is 13.1. The van der Waals surface area contributed by atoms with Gasteiger partial charge >= 0.3 is 5.97 Å². The maximum Gasteiger partial charge on any atom is 0.354 e. The first-order valence-corrected chi connectivity index (χ1v) is 6.08. The molecule has 1 heterocycles. The van der Waals surface area contributed by atoms with E-state index in [-0.39, 0.29) is 5.97 Å². The van der Waals surface area contributed by atoms with Crippen molar-refractivity contribution >= 4 is 17.6 Å². The Labute approximate surface area is 111 Å². The lowest BCUT2D eigenvalue weighted by molar-refractivity contribution is 0.0588. The lowest BCUT2D eigenvalue weighted by Gasteiger charge is -2.02. The Kier molecular flexibility index (Phi) is 3.72. The highest BCUT2D eigenvalue weighted by molar-refractivity contribution is 6.33. The molecule has 3 nitrogen and oxygen atoms in total. The number of benzene rings is 1. The summed E-state index contributed by atoms with van der Waals surface area (Å²) >= 11 is 6.15. The van der Waals surface area contributed by atoms with E-state index < -0.39 is 0 Å². The summed E-state index contributed by atoms with van der Waals surface area (Å²) < 4.78 is 6.62. The molecule has 4 heteroatoms. The van der Waals surface area contributed by atoms with Crippen LogP contribution in [0.25, 0.3) is 11.1 Å². The molecular formula is C14H14ClNO2. The van der Waals surface area contributed by atoms with Gasteiger partial charge in [0.2, 0.25) is 0 Å². The third kappa shape index (κ3) is 2.27. The van der Waals surface area contributed by atoms with Gasteiger partial charge in [-0.25, -0.2) is 4.79 Å². The smallest absolute Gasteiger partial charge is 0.354 e. The van der Waals surface area contributed by atoms with Crippen molar-refractivity contribution in [1.29, 1.82) is 0 Å². The average molecular weight is 264 g/mol. The zero-order valence-corrected chi connectivity index (χ0v) is 11.1. The number of hydrogen-bond acceptors (Lipinski definition) is 2. The van der Waals surface area contributed by atoms with Crippen molar-refractivity contribution < 1.29 is 9.53 Å². The summed E-state index contributed by atoms with van der Waals surface area (Å²) in [5, 5.41) is 0.669. The van der Waals surface area contributed by atoms with E-state index in [1.54, 1.807) is 6.07 Å². The van der Waals surface area contributed by atoms with Gasteiger partial charge in [-0.05, 0) is 19.1 Å². The summed E-state index contributed by atoms with van der Waals surface area (Å²) in [5.41, 5.74) is 2.37. The first kappa shape index (κ1) is 12.7. The second-order valence-electron chi connectivity index (χ2n) is 3.87. The largest absolute Gasteiger partial charge is 0.464 e. The highest BCUT2D eigenvalue weighted by Gasteiger charge is 2.15. The normalized spacial score (nSPS) is 10.4. The Bertz CT molecular complexity index is 575. The van der Waals surface area contributed by atoms with Crippen molar-refractivity contribution in [2.75, 3.05) is 7.11 Å². The van der Waals surface area contributed by atoms with Crippen LogP contribution in [0.1, 0.15) is 17.4 Å². The van der Waals surface area contributed by atoms with Gasteiger partial charge in [0.15, 0.2) is 0 Å². The molecule has 2 aromatic rings. The van der Waals surface area contributed by atoms with E-state index in [0.29, 0.717) is 17.3 Å². The van der Waals surface area contributed by atoms with Crippen LogP contribution < -0.4 is 0 Å². The number of aryl methyl sites for hydroxylation is 1. The lowest BCUT2D eigenvalue weighted by atomic mass is 10.1. The molecule has 0 N–H and O–H groups in total. The highest BCUT2D eigenvalue weighted by atomic mass is 35.5. The number of esters is 1. The fraction of sp³-hybridized carbons (Fsp3) is 0.214. The number of methoxy groups -OCH3 is 1. The Morgan fingerprint density at radius 3 is 2.72 bits per heavy atom. The molecule has 0 aliphatic carbocycles. The summed E-state index contributed by atoms with van der Waals surface area (Å²) in [6.07, 6.45) is 1.91. The summed E-state index contributed by atoms with van der Waals surface area (Å²) in [7, 11) is 1.38. The van der Waals surface area contributed by atoms with E-state index in [0.717, 1.165) is 11.1 Å². The average Bonchev–Trinajstić information content (AvgIpc) is 2.82. The molecule has 0 fully saturated rings. The van der Waals surface area contributed by atoms with E-state index >= 15 is 0 Å². The van der Waals surface area contributed by atoms with Crippen LogP contribution in [0.5, 0.6) is 0 Å². The second kappa shape index (κ2) is 5.27. The Morgan fingerprint density at radius 1 is 1.39 bits per heavy atom. The van der Waals surface area contributed by atoms with Crippen molar-refractivity contribution in [1.82, 2.24) is 4.57 Å². The molecule has 0 spiro atoms. The van der Waals surface area contributed by atoms with Crippen molar-refractivity contribution in [2.24, 2.45) is 0 Å². The monoisotopic (exact) mass is 263 g/mol. The summed E-state index contributed by atoms with van der Waals surface area (Å²) in [4.78, 5) is 11.6. The molecule has 0 atom stereocenters. The maximum absolute atomic E-state index is 11.6. The number of ether oxygens (including phenoxy) is 1. The molecule has 0 radical (unpaired) electrons. The molecule has 1 aromatic heterocycles. The van der Waals surface area contributed by atoms with Gasteiger partial charge in [-0.1, -0.05) is 29.8 Å². The summed E-state index contributed by atoms with van der Waals surface area (Å²) in [5.74, 6) is -0.338. The minimum absolute atomic E-state index is 0.338. The third-order valence-electron chi connectivity index (χ3n) is 2.82. The van der Waals surface area contributed by atoms with E-state index in [2.05, 4.69) is 0 Å². The highest BCUT2D eigenvalue weighted by Crippen LogP contribution is 2.29. The van der Waals surface area contributed by atoms with Crippen LogP contribution in [-0.2, 0) is 11.3 Å². The van der Waals surface area contributed by atoms with Crippen LogP contribution in [0.15, 0.2) is 36.5 Å². The van der Waals surface area contributed by atoms with Gasteiger partial charge in [0.1, 0.15) is 5.69 Å². The number of carbonyl (C=O) groups excluding carboxylic acids is 1. The number of rotatable bonds is 3. The summed E-state index contributed by atoms with van der Waals surface area (Å²) in [6.45, 7) is 2.68. The minimum atomic E-state index is -0.338. The number of carbonyl (C=O) groups is 1. The quantitative estimate of drug-likeness (QED) is 0.792. The SMILES string of the molecule is CCn1cc(-c2ccccc2Cl)cc1C(=O)OC. The van der Waals surface area contributed by atoms with Crippen LogP contribution in [0.3, 0.4) is 0 Å². The molecule has 0 amide bonds. The molecule has 94 valence electrons. The zero-order valence-electron chi connectivity index (χ0n) is 10.3. The molecule has 18 heavy (non-hydrogen) atoms. The van der Waals surface area contributed by atoms with Gasteiger partial charge in [0.05, 0.1) is 7.11 Å². The van der Waals surface area contributed by atoms with Crippen LogP contribution in [0, 0.1) is 0 Å². The van der Waals surface area contributed by atoms with E-state index in [1.165, 1.54) is 7.11 Å². The molecule has 1 aromatic carbocycles. The fourth-order valence-corrected chi connectivity index (χ4v) is 2.13. The van der Waals surface area contributed by atoms with Crippen molar-refractivity contribution in [3.63, 3.8) is 0 Å². The topological polar surface area (TPSA) is 31.2 Å². The molecule has 2 rings (SSSR count). The molecule has 0 saturated heterocycles. The fourth-order valence-electron chi connectivity index (χ4n) is 1.89. The second-order valence-corrected chi connectivity index (χ2v) is 4.28. The minimum Gasteiger partial charge on any atom is -0.464 e. The van der Waals surface area contributed by atoms with Crippen LogP contribution >= 0.6 is 11.6 Å². The molecule has 0 unspecified atom stereocenters. The molecule has 0 aliphatic heterocycles. The lowest BCUT2D eigenvalue weighted by Crippen LogP contribution is -2.08. The van der Waals surface area contributed by atoms with Crippen LogP contribution in [-0.4, -0.2) is 17.6 Å². The third-order valence-corrected chi connectivity index (χ3v) is 3.15. The van der Waals surface area contributed by atoms with E-state index in [4.69, 9.17) is 16.3 Å². The molecule has 0 aliphatic rings. The molecule has 0 bridgehead atoms. The molecular weight excluding hydrogens is 250 g/mol. The van der Waals surface area contributed by atoms with Gasteiger partial charge in [-0.15, -0.1) is 0 Å². The first-order chi connectivity index (χ1) is 8.67. The number of halogens is 1. The van der Waals surface area contributed by atoms with Crippen LogP contribution in [0.2, 0.25) is 5.02 Å².